The lowest BCUT2D eigenvalue weighted by molar-refractivity contribution is -0.152. The lowest BCUT2D eigenvalue weighted by Gasteiger charge is -2.26. The lowest BCUT2D eigenvalue weighted by atomic mass is 9.87. The van der Waals surface area contributed by atoms with Crippen LogP contribution in [0, 0.1) is 5.41 Å². The van der Waals surface area contributed by atoms with Gasteiger partial charge in [-0.2, -0.15) is 0 Å². The van der Waals surface area contributed by atoms with Gasteiger partial charge >= 0.3 is 12.3 Å². The van der Waals surface area contributed by atoms with Gasteiger partial charge in [-0.15, -0.1) is 0 Å². The Bertz CT molecular complexity index is 144. The SMILES string of the molecule is CC(C)(CO)CC(F)(F)C(F)F. The smallest absolute Gasteiger partial charge is 0.308 e. The average Bonchev–Trinajstić information content (AvgIpc) is 1.85. The van der Waals surface area contributed by atoms with Crippen molar-refractivity contribution >= 4 is 0 Å². The number of alkyl halides is 4. The number of halogens is 4. The summed E-state index contributed by atoms with van der Waals surface area (Å²) in [5.74, 6) is -4.01. The highest BCUT2D eigenvalue weighted by atomic mass is 19.3. The number of hydrogen-bond acceptors (Lipinski definition) is 1. The van der Waals surface area contributed by atoms with Crippen LogP contribution in [0.1, 0.15) is 20.3 Å². The van der Waals surface area contributed by atoms with Crippen molar-refractivity contribution in [3.63, 3.8) is 0 Å². The van der Waals surface area contributed by atoms with Crippen molar-refractivity contribution in [2.24, 2.45) is 5.41 Å². The van der Waals surface area contributed by atoms with Crippen LogP contribution in [-0.2, 0) is 0 Å². The molecule has 1 N–H and O–H groups in total. The van der Waals surface area contributed by atoms with Crippen LogP contribution in [0.3, 0.4) is 0 Å². The predicted octanol–water partition coefficient (Wildman–Crippen LogP) is 2.30. The maximum atomic E-state index is 12.4. The number of rotatable bonds is 4. The lowest BCUT2D eigenvalue weighted by Crippen LogP contribution is -2.34. The second-order valence-electron chi connectivity index (χ2n) is 3.56. The minimum atomic E-state index is -4.01. The zero-order chi connectivity index (χ0) is 9.99. The second-order valence-corrected chi connectivity index (χ2v) is 3.56. The van der Waals surface area contributed by atoms with Crippen molar-refractivity contribution < 1.29 is 22.7 Å². The van der Waals surface area contributed by atoms with Crippen LogP contribution in [-0.4, -0.2) is 24.1 Å². The Morgan fingerprint density at radius 1 is 1.25 bits per heavy atom. The minimum Gasteiger partial charge on any atom is -0.396 e. The van der Waals surface area contributed by atoms with Gasteiger partial charge in [0.05, 0.1) is 0 Å². The molecule has 0 aromatic carbocycles. The van der Waals surface area contributed by atoms with Gasteiger partial charge in [0.25, 0.3) is 0 Å². The van der Waals surface area contributed by atoms with E-state index in [4.69, 9.17) is 5.11 Å². The molecular formula is C7H12F4O. The number of aliphatic hydroxyl groups is 1. The Labute approximate surface area is 68.4 Å². The summed E-state index contributed by atoms with van der Waals surface area (Å²) in [6.07, 6.45) is -4.67. The molecule has 0 saturated carbocycles. The van der Waals surface area contributed by atoms with Gasteiger partial charge in [-0.05, 0) is 5.41 Å². The average molecular weight is 188 g/mol. The summed E-state index contributed by atoms with van der Waals surface area (Å²) in [7, 11) is 0. The first kappa shape index (κ1) is 11.7. The van der Waals surface area contributed by atoms with E-state index in [1.54, 1.807) is 0 Å². The van der Waals surface area contributed by atoms with Gasteiger partial charge in [-0.3, -0.25) is 0 Å². The van der Waals surface area contributed by atoms with Crippen LogP contribution in [0.2, 0.25) is 0 Å². The third kappa shape index (κ3) is 3.38. The van der Waals surface area contributed by atoms with Crippen LogP contribution in [0.4, 0.5) is 17.6 Å². The molecule has 0 aromatic heterocycles. The standard InChI is InChI=1S/C7H12F4O/c1-6(2,4-12)3-7(10,11)5(8)9/h5,12H,3-4H2,1-2H3. The molecule has 0 aliphatic heterocycles. The van der Waals surface area contributed by atoms with Gasteiger partial charge in [0.15, 0.2) is 0 Å². The van der Waals surface area contributed by atoms with Gasteiger partial charge in [0.1, 0.15) is 0 Å². The summed E-state index contributed by atoms with van der Waals surface area (Å²) in [5, 5.41) is 8.56. The van der Waals surface area contributed by atoms with Crippen molar-refractivity contribution in [2.45, 2.75) is 32.6 Å². The molecule has 0 fully saturated rings. The third-order valence-electron chi connectivity index (χ3n) is 1.46. The zero-order valence-electron chi connectivity index (χ0n) is 6.95. The molecule has 0 aliphatic carbocycles. The molecule has 0 unspecified atom stereocenters. The molecule has 0 rings (SSSR count). The molecule has 0 bridgehead atoms. The minimum absolute atomic E-state index is 0.532. The molecule has 74 valence electrons. The first-order valence-electron chi connectivity index (χ1n) is 3.48. The summed E-state index contributed by atoms with van der Waals surface area (Å²) in [6.45, 7) is 2.09. The molecule has 12 heavy (non-hydrogen) atoms. The quantitative estimate of drug-likeness (QED) is 0.671. The van der Waals surface area contributed by atoms with Gasteiger partial charge in [-0.25, -0.2) is 17.6 Å². The fraction of sp³-hybridized carbons (Fsp3) is 1.00. The molecule has 0 aliphatic rings. The molecule has 0 atom stereocenters. The van der Waals surface area contributed by atoms with E-state index >= 15 is 0 Å². The van der Waals surface area contributed by atoms with E-state index in [2.05, 4.69) is 0 Å². The summed E-state index contributed by atoms with van der Waals surface area (Å²) in [6, 6.07) is 0. The van der Waals surface area contributed by atoms with E-state index < -0.39 is 30.8 Å². The largest absolute Gasteiger partial charge is 0.396 e. The van der Waals surface area contributed by atoms with E-state index in [0.717, 1.165) is 0 Å². The van der Waals surface area contributed by atoms with Crippen molar-refractivity contribution in [2.75, 3.05) is 6.61 Å². The van der Waals surface area contributed by atoms with Crippen molar-refractivity contribution in [1.82, 2.24) is 0 Å². The Balaban J connectivity index is 4.23. The molecule has 0 aromatic rings. The monoisotopic (exact) mass is 188 g/mol. The molecule has 0 saturated heterocycles. The van der Waals surface area contributed by atoms with Crippen molar-refractivity contribution in [3.8, 4) is 0 Å². The molecule has 5 heteroatoms. The van der Waals surface area contributed by atoms with Crippen LogP contribution < -0.4 is 0 Å². The third-order valence-corrected chi connectivity index (χ3v) is 1.46. The van der Waals surface area contributed by atoms with E-state index in [0.29, 0.717) is 0 Å². The first-order chi connectivity index (χ1) is 5.21. The molecule has 0 heterocycles. The topological polar surface area (TPSA) is 20.2 Å². The highest BCUT2D eigenvalue weighted by molar-refractivity contribution is 4.79. The van der Waals surface area contributed by atoms with Crippen LogP contribution >= 0.6 is 0 Å². The Kier molecular flexibility index (Phi) is 3.50. The van der Waals surface area contributed by atoms with Crippen LogP contribution in [0.15, 0.2) is 0 Å². The predicted molar refractivity (Wildman–Crippen MR) is 36.4 cm³/mol. The maximum Gasteiger partial charge on any atom is 0.308 e. The van der Waals surface area contributed by atoms with Crippen molar-refractivity contribution in [3.05, 3.63) is 0 Å². The van der Waals surface area contributed by atoms with E-state index in [-0.39, 0.29) is 0 Å². The Morgan fingerprint density at radius 2 is 1.67 bits per heavy atom. The summed E-state index contributed by atoms with van der Waals surface area (Å²) < 4.78 is 48.0. The van der Waals surface area contributed by atoms with Gasteiger partial charge < -0.3 is 5.11 Å². The molecule has 1 nitrogen and oxygen atoms in total. The molecule has 0 radical (unpaired) electrons. The highest BCUT2D eigenvalue weighted by Gasteiger charge is 2.44. The first-order valence-corrected chi connectivity index (χ1v) is 3.48. The normalized spacial score (nSPS) is 14.0. The molecule has 0 amide bonds. The van der Waals surface area contributed by atoms with E-state index in [9.17, 15) is 17.6 Å². The second kappa shape index (κ2) is 3.60. The molecule has 0 spiro atoms. The fourth-order valence-corrected chi connectivity index (χ4v) is 0.771. The van der Waals surface area contributed by atoms with Crippen LogP contribution in [0.5, 0.6) is 0 Å². The summed E-state index contributed by atoms with van der Waals surface area (Å²) in [5.41, 5.74) is -1.17. The summed E-state index contributed by atoms with van der Waals surface area (Å²) in [4.78, 5) is 0. The Hall–Kier alpha value is -0.320. The zero-order valence-corrected chi connectivity index (χ0v) is 6.95. The molecular weight excluding hydrogens is 176 g/mol. The Morgan fingerprint density at radius 3 is 1.92 bits per heavy atom. The number of hydrogen-bond donors (Lipinski definition) is 1. The van der Waals surface area contributed by atoms with E-state index in [1.807, 2.05) is 0 Å². The van der Waals surface area contributed by atoms with Gasteiger partial charge in [0, 0.05) is 13.0 Å². The van der Waals surface area contributed by atoms with Crippen LogP contribution in [0.25, 0.3) is 0 Å². The maximum absolute atomic E-state index is 12.4. The van der Waals surface area contributed by atoms with Gasteiger partial charge in [-0.1, -0.05) is 13.8 Å². The highest BCUT2D eigenvalue weighted by Crippen LogP contribution is 2.35. The fourth-order valence-electron chi connectivity index (χ4n) is 0.771. The number of aliphatic hydroxyl groups excluding tert-OH is 1. The van der Waals surface area contributed by atoms with E-state index in [1.165, 1.54) is 13.8 Å². The van der Waals surface area contributed by atoms with Crippen molar-refractivity contribution in [1.29, 1.82) is 0 Å². The van der Waals surface area contributed by atoms with Gasteiger partial charge in [0.2, 0.25) is 0 Å². The summed E-state index contributed by atoms with van der Waals surface area (Å²) >= 11 is 0.